The Balaban J connectivity index is 2.08. The second-order valence-corrected chi connectivity index (χ2v) is 5.06. The number of guanidine groups is 1. The molecular formula is C12H23N3. The highest BCUT2D eigenvalue weighted by molar-refractivity contribution is 5.81. The van der Waals surface area contributed by atoms with Gasteiger partial charge in [0.25, 0.3) is 0 Å². The highest BCUT2D eigenvalue weighted by Gasteiger charge is 2.42. The third-order valence-corrected chi connectivity index (χ3v) is 3.90. The summed E-state index contributed by atoms with van der Waals surface area (Å²) in [7, 11) is 0. The molecule has 0 saturated heterocycles. The molecule has 2 N–H and O–H groups in total. The maximum atomic E-state index is 6.01. The van der Waals surface area contributed by atoms with Gasteiger partial charge in [0.15, 0.2) is 5.96 Å². The SMILES string of the molecule is CCCC1(CC)CN=C(N)N1CC1CC1. The van der Waals surface area contributed by atoms with Crippen molar-refractivity contribution in [2.45, 2.75) is 51.5 Å². The van der Waals surface area contributed by atoms with E-state index in [1.165, 1.54) is 25.7 Å². The Morgan fingerprint density at radius 3 is 2.73 bits per heavy atom. The van der Waals surface area contributed by atoms with E-state index in [0.29, 0.717) is 0 Å². The fourth-order valence-electron chi connectivity index (χ4n) is 2.65. The van der Waals surface area contributed by atoms with Crippen LogP contribution in [0, 0.1) is 5.92 Å². The number of nitrogens with two attached hydrogens (primary N) is 1. The largest absolute Gasteiger partial charge is 0.370 e. The van der Waals surface area contributed by atoms with Gasteiger partial charge in [-0.3, -0.25) is 4.99 Å². The number of aliphatic imine (C=N–C) groups is 1. The van der Waals surface area contributed by atoms with E-state index in [2.05, 4.69) is 23.7 Å². The van der Waals surface area contributed by atoms with Gasteiger partial charge in [0.05, 0.1) is 12.1 Å². The minimum atomic E-state index is 0.251. The minimum absolute atomic E-state index is 0.251. The molecule has 0 spiro atoms. The highest BCUT2D eigenvalue weighted by atomic mass is 15.4. The molecule has 1 atom stereocenters. The topological polar surface area (TPSA) is 41.6 Å². The second kappa shape index (κ2) is 4.03. The van der Waals surface area contributed by atoms with Crippen LogP contribution in [0.1, 0.15) is 46.0 Å². The molecule has 1 aliphatic carbocycles. The van der Waals surface area contributed by atoms with Gasteiger partial charge in [0, 0.05) is 6.54 Å². The standard InChI is InChI=1S/C12H23N3/c1-3-7-12(4-2)9-14-11(13)15(12)8-10-5-6-10/h10H,3-9H2,1-2H3,(H2,13,14). The number of nitrogens with zero attached hydrogens (tertiary/aromatic N) is 2. The lowest BCUT2D eigenvalue weighted by atomic mass is 9.89. The molecule has 3 heteroatoms. The minimum Gasteiger partial charge on any atom is -0.370 e. The third-order valence-electron chi connectivity index (χ3n) is 3.90. The predicted octanol–water partition coefficient (Wildman–Crippen LogP) is 1.98. The van der Waals surface area contributed by atoms with E-state index < -0.39 is 0 Å². The van der Waals surface area contributed by atoms with Crippen LogP contribution in [0.25, 0.3) is 0 Å². The zero-order valence-corrected chi connectivity index (χ0v) is 10.00. The van der Waals surface area contributed by atoms with Crippen LogP contribution in [0.5, 0.6) is 0 Å². The molecule has 0 amide bonds. The summed E-state index contributed by atoms with van der Waals surface area (Å²) in [6.45, 7) is 6.57. The molecule has 1 heterocycles. The number of hydrogen-bond donors (Lipinski definition) is 1. The summed E-state index contributed by atoms with van der Waals surface area (Å²) in [6, 6.07) is 0. The molecule has 1 saturated carbocycles. The number of rotatable bonds is 5. The molecule has 2 rings (SSSR count). The van der Waals surface area contributed by atoms with Crippen LogP contribution in [-0.4, -0.2) is 29.5 Å². The summed E-state index contributed by atoms with van der Waals surface area (Å²) in [4.78, 5) is 6.86. The van der Waals surface area contributed by atoms with Crippen LogP contribution < -0.4 is 5.73 Å². The summed E-state index contributed by atoms with van der Waals surface area (Å²) in [6.07, 6.45) is 6.38. The Labute approximate surface area is 92.7 Å². The van der Waals surface area contributed by atoms with Crippen molar-refractivity contribution in [3.05, 3.63) is 0 Å². The first-order valence-electron chi connectivity index (χ1n) is 6.29. The second-order valence-electron chi connectivity index (χ2n) is 5.06. The van der Waals surface area contributed by atoms with E-state index >= 15 is 0 Å². The van der Waals surface area contributed by atoms with E-state index in [1.807, 2.05) is 0 Å². The molecule has 1 fully saturated rings. The quantitative estimate of drug-likeness (QED) is 0.752. The van der Waals surface area contributed by atoms with E-state index in [4.69, 9.17) is 5.73 Å². The van der Waals surface area contributed by atoms with Crippen LogP contribution in [0.3, 0.4) is 0 Å². The molecule has 1 unspecified atom stereocenters. The first-order valence-corrected chi connectivity index (χ1v) is 6.29. The lowest BCUT2D eigenvalue weighted by Gasteiger charge is -2.39. The smallest absolute Gasteiger partial charge is 0.191 e. The Morgan fingerprint density at radius 1 is 1.47 bits per heavy atom. The predicted molar refractivity (Wildman–Crippen MR) is 63.8 cm³/mol. The zero-order valence-electron chi connectivity index (χ0n) is 10.00. The van der Waals surface area contributed by atoms with Gasteiger partial charge in [0.1, 0.15) is 0 Å². The zero-order chi connectivity index (χ0) is 10.9. The van der Waals surface area contributed by atoms with Gasteiger partial charge in [-0.25, -0.2) is 0 Å². The summed E-state index contributed by atoms with van der Waals surface area (Å²) in [5.74, 6) is 1.68. The van der Waals surface area contributed by atoms with E-state index in [-0.39, 0.29) is 5.54 Å². The van der Waals surface area contributed by atoms with E-state index in [0.717, 1.165) is 31.4 Å². The summed E-state index contributed by atoms with van der Waals surface area (Å²) < 4.78 is 0. The average molecular weight is 209 g/mol. The Kier molecular flexibility index (Phi) is 2.89. The van der Waals surface area contributed by atoms with Crippen molar-refractivity contribution in [1.29, 1.82) is 0 Å². The van der Waals surface area contributed by atoms with Gasteiger partial charge < -0.3 is 10.6 Å². The fourth-order valence-corrected chi connectivity index (χ4v) is 2.65. The van der Waals surface area contributed by atoms with Crippen molar-refractivity contribution < 1.29 is 0 Å². The van der Waals surface area contributed by atoms with Crippen molar-refractivity contribution in [1.82, 2.24) is 4.90 Å². The van der Waals surface area contributed by atoms with Gasteiger partial charge >= 0.3 is 0 Å². The summed E-state index contributed by atoms with van der Waals surface area (Å²) in [5, 5.41) is 0. The first-order chi connectivity index (χ1) is 7.22. The normalized spacial score (nSPS) is 30.8. The monoisotopic (exact) mass is 209 g/mol. The Hall–Kier alpha value is -0.730. The lowest BCUT2D eigenvalue weighted by Crippen LogP contribution is -2.52. The molecule has 2 aliphatic rings. The van der Waals surface area contributed by atoms with Crippen molar-refractivity contribution >= 4 is 5.96 Å². The lowest BCUT2D eigenvalue weighted by molar-refractivity contribution is 0.171. The fraction of sp³-hybridized carbons (Fsp3) is 0.917. The molecular weight excluding hydrogens is 186 g/mol. The molecule has 0 aromatic heterocycles. The Bertz CT molecular complexity index is 258. The van der Waals surface area contributed by atoms with Gasteiger partial charge in [-0.05, 0) is 31.6 Å². The van der Waals surface area contributed by atoms with Crippen LogP contribution in [-0.2, 0) is 0 Å². The Morgan fingerprint density at radius 2 is 2.20 bits per heavy atom. The van der Waals surface area contributed by atoms with Crippen LogP contribution in [0.4, 0.5) is 0 Å². The molecule has 0 bridgehead atoms. The van der Waals surface area contributed by atoms with Crippen LogP contribution >= 0.6 is 0 Å². The molecule has 1 aliphatic heterocycles. The van der Waals surface area contributed by atoms with E-state index in [9.17, 15) is 0 Å². The first kappa shape index (κ1) is 10.8. The van der Waals surface area contributed by atoms with Gasteiger partial charge in [0.2, 0.25) is 0 Å². The summed E-state index contributed by atoms with van der Waals surface area (Å²) >= 11 is 0. The average Bonchev–Trinajstić information content (AvgIpc) is 2.99. The number of hydrogen-bond acceptors (Lipinski definition) is 3. The van der Waals surface area contributed by atoms with Gasteiger partial charge in [-0.15, -0.1) is 0 Å². The van der Waals surface area contributed by atoms with Gasteiger partial charge in [-0.1, -0.05) is 20.3 Å². The van der Waals surface area contributed by atoms with Gasteiger partial charge in [-0.2, -0.15) is 0 Å². The van der Waals surface area contributed by atoms with E-state index in [1.54, 1.807) is 0 Å². The van der Waals surface area contributed by atoms with Crippen molar-refractivity contribution in [2.24, 2.45) is 16.6 Å². The van der Waals surface area contributed by atoms with Crippen molar-refractivity contribution in [2.75, 3.05) is 13.1 Å². The van der Waals surface area contributed by atoms with Crippen molar-refractivity contribution in [3.63, 3.8) is 0 Å². The molecule has 0 aromatic carbocycles. The summed E-state index contributed by atoms with van der Waals surface area (Å²) in [5.41, 5.74) is 6.26. The molecule has 3 nitrogen and oxygen atoms in total. The maximum Gasteiger partial charge on any atom is 0.191 e. The molecule has 0 aromatic rings. The maximum absolute atomic E-state index is 6.01. The molecule has 15 heavy (non-hydrogen) atoms. The van der Waals surface area contributed by atoms with Crippen LogP contribution in [0.2, 0.25) is 0 Å². The molecule has 0 radical (unpaired) electrons. The highest BCUT2D eigenvalue weighted by Crippen LogP contribution is 2.36. The third kappa shape index (κ3) is 1.97. The molecule has 86 valence electrons. The van der Waals surface area contributed by atoms with Crippen LogP contribution in [0.15, 0.2) is 4.99 Å². The van der Waals surface area contributed by atoms with Crippen molar-refractivity contribution in [3.8, 4) is 0 Å².